The fraction of sp³-hybridized carbons (Fsp3) is 0.417. The Labute approximate surface area is 192 Å². The normalized spacial score (nSPS) is 20.8. The van der Waals surface area contributed by atoms with Gasteiger partial charge >= 0.3 is 5.97 Å². The second-order valence-corrected chi connectivity index (χ2v) is 8.52. The molecule has 2 aromatic rings. The van der Waals surface area contributed by atoms with Gasteiger partial charge in [0, 0.05) is 36.9 Å². The number of halogens is 1. The molecule has 0 bridgehead atoms. The summed E-state index contributed by atoms with van der Waals surface area (Å²) in [6, 6.07) is 11.2. The number of methoxy groups -OCH3 is 2. The van der Waals surface area contributed by atoms with Crippen LogP contribution in [0.5, 0.6) is 11.5 Å². The van der Waals surface area contributed by atoms with Gasteiger partial charge in [-0.1, -0.05) is 23.7 Å². The van der Waals surface area contributed by atoms with E-state index in [-0.39, 0.29) is 18.3 Å². The Kier molecular flexibility index (Phi) is 6.46. The predicted octanol–water partition coefficient (Wildman–Crippen LogP) is 3.62. The van der Waals surface area contributed by atoms with Crippen molar-refractivity contribution in [1.29, 1.82) is 0 Å². The summed E-state index contributed by atoms with van der Waals surface area (Å²) in [5, 5.41) is 0.698. The van der Waals surface area contributed by atoms with Crippen molar-refractivity contribution in [1.82, 2.24) is 4.90 Å². The van der Waals surface area contributed by atoms with Gasteiger partial charge in [-0.15, -0.1) is 0 Å². The number of piperazine rings is 1. The van der Waals surface area contributed by atoms with Gasteiger partial charge in [0.1, 0.15) is 6.10 Å². The van der Waals surface area contributed by atoms with E-state index in [1.165, 1.54) is 0 Å². The van der Waals surface area contributed by atoms with E-state index in [4.69, 9.17) is 25.8 Å². The zero-order chi connectivity index (χ0) is 22.8. The lowest BCUT2D eigenvalue weighted by Crippen LogP contribution is -2.50. The summed E-state index contributed by atoms with van der Waals surface area (Å²) in [6.45, 7) is 4.62. The Bertz CT molecular complexity index is 1020. The third-order valence-electron chi connectivity index (χ3n) is 6.17. The zero-order valence-corrected chi connectivity index (χ0v) is 19.2. The molecule has 4 rings (SSSR count). The summed E-state index contributed by atoms with van der Waals surface area (Å²) >= 11 is 6.18. The van der Waals surface area contributed by atoms with E-state index in [2.05, 4.69) is 11.8 Å². The van der Waals surface area contributed by atoms with E-state index < -0.39 is 12.0 Å². The van der Waals surface area contributed by atoms with Crippen molar-refractivity contribution in [3.8, 4) is 11.5 Å². The molecule has 2 aliphatic heterocycles. The first-order chi connectivity index (χ1) is 15.4. The lowest BCUT2D eigenvalue weighted by atomic mass is 9.93. The molecule has 2 aliphatic rings. The quantitative estimate of drug-likeness (QED) is 0.637. The van der Waals surface area contributed by atoms with Crippen molar-refractivity contribution in [2.24, 2.45) is 5.92 Å². The van der Waals surface area contributed by atoms with E-state index in [1.54, 1.807) is 26.4 Å². The highest BCUT2D eigenvalue weighted by atomic mass is 35.5. The number of amides is 1. The number of aryl methyl sites for hydroxylation is 1. The van der Waals surface area contributed by atoms with Gasteiger partial charge in [0.05, 0.1) is 26.6 Å². The summed E-state index contributed by atoms with van der Waals surface area (Å²) < 4.78 is 16.2. The van der Waals surface area contributed by atoms with Crippen LogP contribution >= 0.6 is 11.6 Å². The second-order valence-electron chi connectivity index (χ2n) is 8.08. The Hall–Kier alpha value is -2.93. The van der Waals surface area contributed by atoms with E-state index in [0.717, 1.165) is 16.8 Å². The molecule has 2 fully saturated rings. The summed E-state index contributed by atoms with van der Waals surface area (Å²) in [5.74, 6) is 0.134. The molecule has 8 heteroatoms. The standard InChI is InChI=1S/C24H27ClN2O5/c1-15-4-6-17(25)13-19(15)26-8-10-27(11-9-26)24(29)18-14-22(28)32-23(18)16-5-7-20(30-2)21(12-16)31-3/h4-7,12-13,18,23H,8-11,14H2,1-3H3/t18-,23+/m0/s1. The number of nitrogens with zero attached hydrogens (tertiary/aromatic N) is 2. The zero-order valence-electron chi connectivity index (χ0n) is 18.5. The van der Waals surface area contributed by atoms with Crippen LogP contribution in [0.3, 0.4) is 0 Å². The van der Waals surface area contributed by atoms with Gasteiger partial charge in [0.25, 0.3) is 0 Å². The minimum absolute atomic E-state index is 0.0573. The van der Waals surface area contributed by atoms with Gasteiger partial charge in [-0.05, 0) is 42.3 Å². The van der Waals surface area contributed by atoms with Gasteiger partial charge < -0.3 is 24.0 Å². The molecule has 0 unspecified atom stereocenters. The first kappa shape index (κ1) is 22.3. The van der Waals surface area contributed by atoms with Crippen LogP contribution in [-0.4, -0.2) is 57.2 Å². The summed E-state index contributed by atoms with van der Waals surface area (Å²) in [6.07, 6.45) is -0.561. The highest BCUT2D eigenvalue weighted by Crippen LogP contribution is 2.40. The van der Waals surface area contributed by atoms with Gasteiger partial charge in [0.15, 0.2) is 11.5 Å². The molecule has 2 atom stereocenters. The van der Waals surface area contributed by atoms with Crippen molar-refractivity contribution in [3.63, 3.8) is 0 Å². The molecule has 170 valence electrons. The molecule has 0 N–H and O–H groups in total. The first-order valence-electron chi connectivity index (χ1n) is 10.6. The summed E-state index contributed by atoms with van der Waals surface area (Å²) in [5.41, 5.74) is 2.96. The fourth-order valence-electron chi connectivity index (χ4n) is 4.43. The minimum Gasteiger partial charge on any atom is -0.493 e. The van der Waals surface area contributed by atoms with Crippen LogP contribution in [0.4, 0.5) is 5.69 Å². The van der Waals surface area contributed by atoms with Crippen molar-refractivity contribution < 1.29 is 23.8 Å². The third-order valence-corrected chi connectivity index (χ3v) is 6.40. The maximum Gasteiger partial charge on any atom is 0.307 e. The second kappa shape index (κ2) is 9.28. The molecule has 7 nitrogen and oxygen atoms in total. The van der Waals surface area contributed by atoms with E-state index >= 15 is 0 Å². The molecule has 0 aromatic heterocycles. The van der Waals surface area contributed by atoms with Crippen molar-refractivity contribution >= 4 is 29.2 Å². The maximum atomic E-state index is 13.4. The first-order valence-corrected chi connectivity index (χ1v) is 11.0. The Morgan fingerprint density at radius 1 is 1.03 bits per heavy atom. The van der Waals surface area contributed by atoms with Gasteiger partial charge in [-0.3, -0.25) is 9.59 Å². The van der Waals surface area contributed by atoms with Crippen LogP contribution in [0.25, 0.3) is 0 Å². The Balaban J connectivity index is 1.48. The number of cyclic esters (lactones) is 1. The highest BCUT2D eigenvalue weighted by Gasteiger charge is 2.43. The van der Waals surface area contributed by atoms with Crippen molar-refractivity contribution in [2.75, 3.05) is 45.3 Å². The van der Waals surface area contributed by atoms with E-state index in [1.807, 2.05) is 29.2 Å². The van der Waals surface area contributed by atoms with Crippen LogP contribution in [0.1, 0.15) is 23.7 Å². The lowest BCUT2D eigenvalue weighted by molar-refractivity contribution is -0.142. The average Bonchev–Trinajstić information content (AvgIpc) is 3.21. The minimum atomic E-state index is -0.636. The van der Waals surface area contributed by atoms with Gasteiger partial charge in [-0.2, -0.15) is 0 Å². The maximum absolute atomic E-state index is 13.4. The number of benzene rings is 2. The molecule has 0 aliphatic carbocycles. The molecule has 2 aromatic carbocycles. The SMILES string of the molecule is COc1ccc([C@H]2OC(=O)C[C@@H]2C(=O)N2CCN(c3cc(Cl)ccc3C)CC2)cc1OC. The molecule has 32 heavy (non-hydrogen) atoms. The molecular formula is C24H27ClN2O5. The molecule has 2 heterocycles. The lowest BCUT2D eigenvalue weighted by Gasteiger charge is -2.38. The monoisotopic (exact) mass is 458 g/mol. The number of ether oxygens (including phenoxy) is 3. The van der Waals surface area contributed by atoms with Crippen LogP contribution in [0.15, 0.2) is 36.4 Å². The van der Waals surface area contributed by atoms with Crippen LogP contribution < -0.4 is 14.4 Å². The topological polar surface area (TPSA) is 68.3 Å². The van der Waals surface area contributed by atoms with Crippen LogP contribution in [-0.2, 0) is 14.3 Å². The van der Waals surface area contributed by atoms with Crippen molar-refractivity contribution in [2.45, 2.75) is 19.4 Å². The summed E-state index contributed by atoms with van der Waals surface area (Å²) in [7, 11) is 3.11. The number of rotatable bonds is 5. The Morgan fingerprint density at radius 2 is 1.75 bits per heavy atom. The van der Waals surface area contributed by atoms with Gasteiger partial charge in [-0.25, -0.2) is 0 Å². The highest BCUT2D eigenvalue weighted by molar-refractivity contribution is 6.30. The molecular weight excluding hydrogens is 432 g/mol. The van der Waals surface area contributed by atoms with Crippen LogP contribution in [0, 0.1) is 12.8 Å². The number of anilines is 1. The fourth-order valence-corrected chi connectivity index (χ4v) is 4.60. The van der Waals surface area contributed by atoms with Crippen LogP contribution in [0.2, 0.25) is 5.02 Å². The van der Waals surface area contributed by atoms with Crippen molar-refractivity contribution in [3.05, 3.63) is 52.5 Å². The number of hydrogen-bond donors (Lipinski definition) is 0. The van der Waals surface area contributed by atoms with E-state index in [9.17, 15) is 9.59 Å². The molecule has 0 saturated carbocycles. The molecule has 1 amide bonds. The Morgan fingerprint density at radius 3 is 2.44 bits per heavy atom. The summed E-state index contributed by atoms with van der Waals surface area (Å²) in [4.78, 5) is 29.6. The third kappa shape index (κ3) is 4.35. The number of carbonyl (C=O) groups is 2. The number of esters is 1. The molecule has 0 spiro atoms. The predicted molar refractivity (Wildman–Crippen MR) is 121 cm³/mol. The molecule has 2 saturated heterocycles. The molecule has 0 radical (unpaired) electrons. The smallest absolute Gasteiger partial charge is 0.307 e. The number of carbonyl (C=O) groups excluding carboxylic acids is 2. The average molecular weight is 459 g/mol. The largest absolute Gasteiger partial charge is 0.493 e. The van der Waals surface area contributed by atoms with Gasteiger partial charge in [0.2, 0.25) is 5.91 Å². The number of hydrogen-bond acceptors (Lipinski definition) is 6. The van der Waals surface area contributed by atoms with E-state index in [0.29, 0.717) is 42.7 Å².